The number of carbonyl (C=O) groups excluding carboxylic acids is 2. The van der Waals surface area contributed by atoms with Crippen LogP contribution in [0.1, 0.15) is 386 Å². The Balaban J connectivity index is 3.39. The van der Waals surface area contributed by atoms with Crippen LogP contribution in [0.5, 0.6) is 0 Å². The first-order valence-corrected chi connectivity index (χ1v) is 33.9. The van der Waals surface area contributed by atoms with Crippen LogP contribution in [-0.2, 0) is 14.3 Å². The predicted octanol–water partition coefficient (Wildman–Crippen LogP) is 21.6. The van der Waals surface area contributed by atoms with Crippen LogP contribution in [0, 0.1) is 0 Å². The third kappa shape index (κ3) is 59.8. The fraction of sp³-hybridized carbons (Fsp3) is 0.941. The molecule has 3 N–H and O–H groups in total. The van der Waals surface area contributed by atoms with Crippen LogP contribution in [0.3, 0.4) is 0 Å². The number of allylic oxidation sites excluding steroid dienone is 2. The number of hydrogen-bond donors (Lipinski definition) is 3. The highest BCUT2D eigenvalue weighted by Crippen LogP contribution is 2.19. The van der Waals surface area contributed by atoms with Crippen molar-refractivity contribution in [2.24, 2.45) is 0 Å². The summed E-state index contributed by atoms with van der Waals surface area (Å²) in [6.45, 7) is 4.99. The molecule has 0 heterocycles. The van der Waals surface area contributed by atoms with E-state index in [9.17, 15) is 19.8 Å². The van der Waals surface area contributed by atoms with Crippen LogP contribution in [0.15, 0.2) is 12.2 Å². The largest absolute Gasteiger partial charge is 0.466 e. The van der Waals surface area contributed by atoms with Crippen LogP contribution in [0.2, 0.25) is 0 Å². The number of aliphatic hydroxyl groups is 2. The Bertz CT molecular complexity index is 1110. The predicted molar refractivity (Wildman–Crippen MR) is 324 cm³/mol. The number of carbonyl (C=O) groups is 2. The maximum absolute atomic E-state index is 12.5. The topological polar surface area (TPSA) is 95.9 Å². The lowest BCUT2D eigenvalue weighted by atomic mass is 10.0. The SMILES string of the molecule is CCCCCCCCCCCCCCCCCCCCC(=O)OCCCCCCCCCCCCC/C=C\CCCCCCCCCC(=O)NC(CO)C(O)CCCCCCCCCCCCCCCCCCC. The average Bonchev–Trinajstić information content (AvgIpc) is 3.40. The molecule has 0 aromatic carbocycles. The Kier molecular flexibility index (Phi) is 62.9. The number of ether oxygens (including phenoxy) is 1. The van der Waals surface area contributed by atoms with E-state index >= 15 is 0 Å². The molecular weight excluding hydrogens is 911 g/mol. The lowest BCUT2D eigenvalue weighted by molar-refractivity contribution is -0.143. The number of unbranched alkanes of at least 4 members (excludes halogenated alkanes) is 51. The summed E-state index contributed by atoms with van der Waals surface area (Å²) in [5, 5.41) is 23.3. The van der Waals surface area contributed by atoms with Gasteiger partial charge in [-0.15, -0.1) is 0 Å². The van der Waals surface area contributed by atoms with Gasteiger partial charge in [0.2, 0.25) is 5.91 Å². The van der Waals surface area contributed by atoms with Crippen molar-refractivity contribution in [3.8, 4) is 0 Å². The summed E-state index contributed by atoms with van der Waals surface area (Å²) in [6.07, 6.45) is 78.1. The molecule has 0 rings (SSSR count). The molecule has 74 heavy (non-hydrogen) atoms. The Morgan fingerprint density at radius 2 is 0.635 bits per heavy atom. The second kappa shape index (κ2) is 64.1. The molecule has 6 heteroatoms. The Labute approximate surface area is 463 Å². The molecule has 440 valence electrons. The van der Waals surface area contributed by atoms with Gasteiger partial charge in [-0.25, -0.2) is 0 Å². The zero-order valence-electron chi connectivity index (χ0n) is 50.4. The number of rotatable bonds is 64. The van der Waals surface area contributed by atoms with Gasteiger partial charge in [0, 0.05) is 12.8 Å². The third-order valence-electron chi connectivity index (χ3n) is 16.1. The smallest absolute Gasteiger partial charge is 0.305 e. The first-order valence-electron chi connectivity index (χ1n) is 33.9. The van der Waals surface area contributed by atoms with Crippen molar-refractivity contribution in [3.63, 3.8) is 0 Å². The van der Waals surface area contributed by atoms with Gasteiger partial charge in [-0.3, -0.25) is 9.59 Å². The van der Waals surface area contributed by atoms with Gasteiger partial charge < -0.3 is 20.3 Å². The van der Waals surface area contributed by atoms with Crippen LogP contribution in [0.4, 0.5) is 0 Å². The zero-order valence-corrected chi connectivity index (χ0v) is 50.4. The minimum absolute atomic E-state index is 0.0154. The Morgan fingerprint density at radius 1 is 0.365 bits per heavy atom. The van der Waals surface area contributed by atoms with Crippen LogP contribution < -0.4 is 5.32 Å². The molecule has 1 amide bonds. The van der Waals surface area contributed by atoms with Gasteiger partial charge in [-0.1, -0.05) is 334 Å². The highest BCUT2D eigenvalue weighted by Gasteiger charge is 2.20. The molecule has 0 radical (unpaired) electrons. The van der Waals surface area contributed by atoms with Gasteiger partial charge in [-0.05, 0) is 51.4 Å². The summed E-state index contributed by atoms with van der Waals surface area (Å²) in [5.74, 6) is -0.0230. The van der Waals surface area contributed by atoms with Crippen molar-refractivity contribution in [3.05, 3.63) is 12.2 Å². The van der Waals surface area contributed by atoms with Crippen molar-refractivity contribution >= 4 is 11.9 Å². The molecule has 0 aliphatic heterocycles. The molecule has 0 bridgehead atoms. The van der Waals surface area contributed by atoms with Gasteiger partial charge in [0.05, 0.1) is 25.4 Å². The average molecular weight is 1040 g/mol. The maximum Gasteiger partial charge on any atom is 0.305 e. The van der Waals surface area contributed by atoms with E-state index in [1.165, 1.54) is 315 Å². The summed E-state index contributed by atoms with van der Waals surface area (Å²) < 4.78 is 5.50. The molecule has 0 aromatic rings. The number of amides is 1. The number of esters is 1. The minimum Gasteiger partial charge on any atom is -0.466 e. The van der Waals surface area contributed by atoms with Gasteiger partial charge in [0.15, 0.2) is 0 Å². The summed E-state index contributed by atoms with van der Waals surface area (Å²) in [4.78, 5) is 24.6. The van der Waals surface area contributed by atoms with Gasteiger partial charge in [-0.2, -0.15) is 0 Å². The molecule has 0 aliphatic rings. The molecule has 0 aliphatic carbocycles. The van der Waals surface area contributed by atoms with E-state index in [1.54, 1.807) is 0 Å². The van der Waals surface area contributed by atoms with E-state index < -0.39 is 12.1 Å². The van der Waals surface area contributed by atoms with E-state index in [0.29, 0.717) is 25.9 Å². The van der Waals surface area contributed by atoms with E-state index in [4.69, 9.17) is 4.74 Å². The number of aliphatic hydroxyl groups excluding tert-OH is 2. The molecule has 2 unspecified atom stereocenters. The molecule has 0 saturated heterocycles. The minimum atomic E-state index is -0.668. The van der Waals surface area contributed by atoms with Gasteiger partial charge in [0.25, 0.3) is 0 Å². The summed E-state index contributed by atoms with van der Waals surface area (Å²) >= 11 is 0. The lowest BCUT2D eigenvalue weighted by Crippen LogP contribution is -2.45. The van der Waals surface area contributed by atoms with Gasteiger partial charge >= 0.3 is 5.97 Å². The molecule has 0 fully saturated rings. The summed E-state index contributed by atoms with van der Waals surface area (Å²) in [5.41, 5.74) is 0. The summed E-state index contributed by atoms with van der Waals surface area (Å²) in [6, 6.07) is -0.546. The first kappa shape index (κ1) is 72.6. The van der Waals surface area contributed by atoms with E-state index in [1.807, 2.05) is 0 Å². The van der Waals surface area contributed by atoms with E-state index in [2.05, 4.69) is 31.3 Å². The van der Waals surface area contributed by atoms with Crippen LogP contribution in [0.25, 0.3) is 0 Å². The highest BCUT2D eigenvalue weighted by molar-refractivity contribution is 5.76. The lowest BCUT2D eigenvalue weighted by Gasteiger charge is -2.22. The second-order valence-corrected chi connectivity index (χ2v) is 23.5. The fourth-order valence-corrected chi connectivity index (χ4v) is 10.9. The first-order chi connectivity index (χ1) is 36.5. The van der Waals surface area contributed by atoms with Crippen molar-refractivity contribution < 1.29 is 24.5 Å². The maximum atomic E-state index is 12.5. The number of hydrogen-bond acceptors (Lipinski definition) is 5. The second-order valence-electron chi connectivity index (χ2n) is 23.5. The van der Waals surface area contributed by atoms with Gasteiger partial charge in [0.1, 0.15) is 0 Å². The monoisotopic (exact) mass is 1040 g/mol. The molecule has 6 nitrogen and oxygen atoms in total. The number of nitrogens with one attached hydrogen (secondary N) is 1. The Hall–Kier alpha value is -1.40. The summed E-state index contributed by atoms with van der Waals surface area (Å²) in [7, 11) is 0. The van der Waals surface area contributed by atoms with E-state index in [-0.39, 0.29) is 18.5 Å². The molecule has 0 spiro atoms. The molecular formula is C68H133NO5. The fourth-order valence-electron chi connectivity index (χ4n) is 10.9. The molecule has 0 aromatic heterocycles. The zero-order chi connectivity index (χ0) is 53.6. The van der Waals surface area contributed by atoms with E-state index in [0.717, 1.165) is 38.5 Å². The quantitative estimate of drug-likeness (QED) is 0.0320. The van der Waals surface area contributed by atoms with Crippen molar-refractivity contribution in [2.75, 3.05) is 13.2 Å². The normalized spacial score (nSPS) is 12.5. The molecule has 2 atom stereocenters. The van der Waals surface area contributed by atoms with Crippen LogP contribution >= 0.6 is 0 Å². The Morgan fingerprint density at radius 3 is 0.959 bits per heavy atom. The van der Waals surface area contributed by atoms with Crippen molar-refractivity contribution in [1.29, 1.82) is 0 Å². The van der Waals surface area contributed by atoms with Crippen molar-refractivity contribution in [2.45, 2.75) is 398 Å². The molecule has 0 saturated carbocycles. The van der Waals surface area contributed by atoms with Crippen LogP contribution in [-0.4, -0.2) is 47.4 Å². The highest BCUT2D eigenvalue weighted by atomic mass is 16.5. The third-order valence-corrected chi connectivity index (χ3v) is 16.1. The van der Waals surface area contributed by atoms with Crippen molar-refractivity contribution in [1.82, 2.24) is 5.32 Å². The standard InChI is InChI=1S/C68H133NO5/c1-3-5-7-9-11-13-15-17-19-21-30-34-38-42-46-50-54-58-62-68(73)74-63-59-55-51-47-43-39-35-31-27-25-23-22-24-26-29-33-37-41-45-49-53-57-61-67(72)69-65(64-70)66(71)60-56-52-48-44-40-36-32-28-20-18-16-14-12-10-8-6-4-2/h24,26,65-66,70-71H,3-23,25,27-64H2,1-2H3,(H,69,72)/b26-24-.